The Labute approximate surface area is 99.7 Å². The van der Waals surface area contributed by atoms with Gasteiger partial charge in [0.2, 0.25) is 0 Å². The lowest BCUT2D eigenvalue weighted by atomic mass is 10.1. The van der Waals surface area contributed by atoms with Crippen LogP contribution in [-0.2, 0) is 6.54 Å². The molecule has 2 rings (SSSR count). The van der Waals surface area contributed by atoms with Gasteiger partial charge < -0.3 is 9.84 Å². The molecule has 0 bridgehead atoms. The first-order valence-corrected chi connectivity index (χ1v) is 5.57. The smallest absolute Gasteiger partial charge is 0.119 e. The third-order valence-electron chi connectivity index (χ3n) is 2.39. The normalized spacial score (nSPS) is 10.5. The lowest BCUT2D eigenvalue weighted by molar-refractivity contribution is 0.269. The third-order valence-corrected chi connectivity index (χ3v) is 2.39. The Morgan fingerprint density at radius 3 is 2.71 bits per heavy atom. The minimum absolute atomic E-state index is 0.0490. The third kappa shape index (κ3) is 2.62. The summed E-state index contributed by atoms with van der Waals surface area (Å²) >= 11 is 0. The number of aromatic nitrogens is 3. The first-order valence-electron chi connectivity index (χ1n) is 5.57. The number of rotatable bonds is 5. The van der Waals surface area contributed by atoms with Crippen LogP contribution in [-0.4, -0.2) is 33.3 Å². The average molecular weight is 233 g/mol. The molecule has 0 aliphatic carbocycles. The Balaban J connectivity index is 2.23. The molecule has 0 fully saturated rings. The van der Waals surface area contributed by atoms with Gasteiger partial charge in [-0.3, -0.25) is 0 Å². The topological polar surface area (TPSA) is 60.2 Å². The lowest BCUT2D eigenvalue weighted by Gasteiger charge is -2.06. The van der Waals surface area contributed by atoms with Crippen LogP contribution in [0.2, 0.25) is 0 Å². The average Bonchev–Trinajstić information content (AvgIpc) is 2.79. The quantitative estimate of drug-likeness (QED) is 0.846. The van der Waals surface area contributed by atoms with Crippen LogP contribution in [0, 0.1) is 0 Å². The fourth-order valence-corrected chi connectivity index (χ4v) is 1.63. The predicted octanol–water partition coefficient (Wildman–Crippen LogP) is 1.34. The van der Waals surface area contributed by atoms with E-state index in [4.69, 9.17) is 9.84 Å². The molecule has 1 aromatic carbocycles. The second-order valence-corrected chi connectivity index (χ2v) is 3.52. The van der Waals surface area contributed by atoms with Crippen molar-refractivity contribution in [3.63, 3.8) is 0 Å². The summed E-state index contributed by atoms with van der Waals surface area (Å²) in [6.07, 6.45) is 1.69. The molecule has 0 atom stereocenters. The highest BCUT2D eigenvalue weighted by Gasteiger charge is 2.06. The summed E-state index contributed by atoms with van der Waals surface area (Å²) in [4.78, 5) is 0. The highest BCUT2D eigenvalue weighted by atomic mass is 16.5. The molecular formula is C12H15N3O2. The van der Waals surface area contributed by atoms with Crippen molar-refractivity contribution in [3.05, 3.63) is 30.5 Å². The van der Waals surface area contributed by atoms with E-state index < -0.39 is 0 Å². The summed E-state index contributed by atoms with van der Waals surface area (Å²) in [6, 6.07) is 7.74. The van der Waals surface area contributed by atoms with E-state index in [-0.39, 0.29) is 6.61 Å². The van der Waals surface area contributed by atoms with Crippen molar-refractivity contribution in [1.29, 1.82) is 0 Å². The summed E-state index contributed by atoms with van der Waals surface area (Å²) in [5.41, 5.74) is 1.90. The van der Waals surface area contributed by atoms with Crippen LogP contribution in [0.5, 0.6) is 5.75 Å². The summed E-state index contributed by atoms with van der Waals surface area (Å²) in [5, 5.41) is 16.7. The minimum Gasteiger partial charge on any atom is -0.494 e. The molecule has 1 aromatic heterocycles. The van der Waals surface area contributed by atoms with Gasteiger partial charge >= 0.3 is 0 Å². The first-order chi connectivity index (χ1) is 8.35. The zero-order chi connectivity index (χ0) is 12.1. The molecule has 0 unspecified atom stereocenters. The van der Waals surface area contributed by atoms with Crippen molar-refractivity contribution in [1.82, 2.24) is 15.0 Å². The van der Waals surface area contributed by atoms with Crippen molar-refractivity contribution in [2.75, 3.05) is 13.2 Å². The van der Waals surface area contributed by atoms with E-state index in [0.29, 0.717) is 13.2 Å². The van der Waals surface area contributed by atoms with Gasteiger partial charge in [-0.25, -0.2) is 4.68 Å². The molecule has 1 heterocycles. The van der Waals surface area contributed by atoms with E-state index in [1.807, 2.05) is 31.2 Å². The summed E-state index contributed by atoms with van der Waals surface area (Å²) in [6.45, 7) is 3.10. The Bertz CT molecular complexity index is 465. The van der Waals surface area contributed by atoms with E-state index in [2.05, 4.69) is 10.3 Å². The van der Waals surface area contributed by atoms with Gasteiger partial charge in [-0.2, -0.15) is 0 Å². The predicted molar refractivity (Wildman–Crippen MR) is 63.7 cm³/mol. The Kier molecular flexibility index (Phi) is 3.72. The molecule has 90 valence electrons. The molecular weight excluding hydrogens is 218 g/mol. The maximum Gasteiger partial charge on any atom is 0.119 e. The van der Waals surface area contributed by atoms with E-state index in [1.54, 1.807) is 10.9 Å². The van der Waals surface area contributed by atoms with Crippen LogP contribution >= 0.6 is 0 Å². The van der Waals surface area contributed by atoms with E-state index in [9.17, 15) is 0 Å². The Morgan fingerprint density at radius 1 is 1.29 bits per heavy atom. The molecule has 0 saturated carbocycles. The second kappa shape index (κ2) is 5.45. The molecule has 0 spiro atoms. The number of aliphatic hydroxyl groups is 1. The van der Waals surface area contributed by atoms with Gasteiger partial charge in [0, 0.05) is 5.56 Å². The van der Waals surface area contributed by atoms with Crippen molar-refractivity contribution in [3.8, 4) is 17.0 Å². The van der Waals surface area contributed by atoms with Gasteiger partial charge in [0.15, 0.2) is 0 Å². The van der Waals surface area contributed by atoms with Gasteiger partial charge in [-0.1, -0.05) is 5.21 Å². The Morgan fingerprint density at radius 2 is 2.06 bits per heavy atom. The summed E-state index contributed by atoms with van der Waals surface area (Å²) < 4.78 is 7.05. The van der Waals surface area contributed by atoms with Crippen LogP contribution < -0.4 is 4.74 Å². The molecule has 0 radical (unpaired) electrons. The molecule has 0 aliphatic rings. The van der Waals surface area contributed by atoms with E-state index in [0.717, 1.165) is 17.0 Å². The van der Waals surface area contributed by atoms with Crippen molar-refractivity contribution in [2.45, 2.75) is 13.5 Å². The number of hydrogen-bond acceptors (Lipinski definition) is 4. The van der Waals surface area contributed by atoms with Gasteiger partial charge in [-0.15, -0.1) is 5.10 Å². The summed E-state index contributed by atoms with van der Waals surface area (Å²) in [5.74, 6) is 0.845. The molecule has 0 amide bonds. The van der Waals surface area contributed by atoms with Crippen LogP contribution in [0.15, 0.2) is 30.5 Å². The number of ether oxygens (including phenoxy) is 1. The zero-order valence-corrected chi connectivity index (χ0v) is 9.71. The van der Waals surface area contributed by atoms with Gasteiger partial charge in [-0.05, 0) is 31.2 Å². The maximum absolute atomic E-state index is 8.91. The van der Waals surface area contributed by atoms with Crippen LogP contribution in [0.3, 0.4) is 0 Å². The fourth-order valence-electron chi connectivity index (χ4n) is 1.63. The molecule has 1 N–H and O–H groups in total. The van der Waals surface area contributed by atoms with Crippen molar-refractivity contribution < 1.29 is 9.84 Å². The van der Waals surface area contributed by atoms with Crippen molar-refractivity contribution >= 4 is 0 Å². The first kappa shape index (κ1) is 11.6. The van der Waals surface area contributed by atoms with Gasteiger partial charge in [0.25, 0.3) is 0 Å². The molecule has 2 aromatic rings. The second-order valence-electron chi connectivity index (χ2n) is 3.52. The lowest BCUT2D eigenvalue weighted by Crippen LogP contribution is -2.05. The number of nitrogens with zero attached hydrogens (tertiary/aromatic N) is 3. The van der Waals surface area contributed by atoms with Crippen LogP contribution in [0.1, 0.15) is 6.92 Å². The maximum atomic E-state index is 8.91. The zero-order valence-electron chi connectivity index (χ0n) is 9.71. The molecule has 17 heavy (non-hydrogen) atoms. The van der Waals surface area contributed by atoms with E-state index >= 15 is 0 Å². The SMILES string of the molecule is CCOc1ccc(-c2cnnn2CCO)cc1. The summed E-state index contributed by atoms with van der Waals surface area (Å²) in [7, 11) is 0. The highest BCUT2D eigenvalue weighted by Crippen LogP contribution is 2.21. The fraction of sp³-hybridized carbons (Fsp3) is 0.333. The largest absolute Gasteiger partial charge is 0.494 e. The van der Waals surface area contributed by atoms with E-state index in [1.165, 1.54) is 0 Å². The molecule has 0 aliphatic heterocycles. The van der Waals surface area contributed by atoms with Crippen LogP contribution in [0.25, 0.3) is 11.3 Å². The van der Waals surface area contributed by atoms with Gasteiger partial charge in [0.05, 0.1) is 31.6 Å². The van der Waals surface area contributed by atoms with Crippen molar-refractivity contribution in [2.24, 2.45) is 0 Å². The number of hydrogen-bond donors (Lipinski definition) is 1. The molecule has 0 saturated heterocycles. The van der Waals surface area contributed by atoms with Crippen LogP contribution in [0.4, 0.5) is 0 Å². The monoisotopic (exact) mass is 233 g/mol. The molecule has 5 nitrogen and oxygen atoms in total. The highest BCUT2D eigenvalue weighted by molar-refractivity contribution is 5.59. The minimum atomic E-state index is 0.0490. The molecule has 5 heteroatoms. The number of aliphatic hydroxyl groups excluding tert-OH is 1. The standard InChI is InChI=1S/C12H15N3O2/c1-2-17-11-5-3-10(4-6-11)12-9-13-14-15(12)7-8-16/h3-6,9,16H,2,7-8H2,1H3. The number of benzene rings is 1. The van der Waals surface area contributed by atoms with Gasteiger partial charge in [0.1, 0.15) is 5.75 Å². The Hall–Kier alpha value is -1.88.